The molecule has 6 heteroatoms. The van der Waals surface area contributed by atoms with Crippen molar-refractivity contribution in [3.63, 3.8) is 0 Å². The summed E-state index contributed by atoms with van der Waals surface area (Å²) in [6, 6.07) is 6.75. The van der Waals surface area contributed by atoms with Crippen LogP contribution < -0.4 is 14.8 Å². The Balaban J connectivity index is 2.08. The molecular formula is C18H22ClNO4. The zero-order valence-corrected chi connectivity index (χ0v) is 14.9. The fourth-order valence-electron chi connectivity index (χ4n) is 2.07. The molecule has 2 rings (SSSR count). The van der Waals surface area contributed by atoms with E-state index in [0.29, 0.717) is 46.9 Å². The Kier molecular flexibility index (Phi) is 6.55. The smallest absolute Gasteiger partial charge is 0.251 e. The van der Waals surface area contributed by atoms with Crippen LogP contribution in [0.25, 0.3) is 0 Å². The normalized spacial score (nSPS) is 10.7. The monoisotopic (exact) mass is 351 g/mol. The summed E-state index contributed by atoms with van der Waals surface area (Å²) in [6.07, 6.45) is 2.47. The predicted octanol–water partition coefficient (Wildman–Crippen LogP) is 4.30. The zero-order valence-electron chi connectivity index (χ0n) is 14.1. The van der Waals surface area contributed by atoms with E-state index in [1.54, 1.807) is 30.5 Å². The van der Waals surface area contributed by atoms with E-state index in [1.807, 2.05) is 0 Å². The summed E-state index contributed by atoms with van der Waals surface area (Å²) in [5.41, 5.74) is 0.402. The molecule has 2 aromatic rings. The van der Waals surface area contributed by atoms with Crippen molar-refractivity contribution >= 4 is 17.5 Å². The molecule has 0 saturated heterocycles. The molecule has 1 aromatic heterocycles. The number of ether oxygens (including phenoxy) is 2. The zero-order chi connectivity index (χ0) is 17.5. The molecule has 0 aliphatic heterocycles. The van der Waals surface area contributed by atoms with Gasteiger partial charge in [-0.2, -0.15) is 0 Å². The molecule has 130 valence electrons. The molecule has 1 heterocycles. The van der Waals surface area contributed by atoms with Gasteiger partial charge in [-0.15, -0.1) is 0 Å². The fourth-order valence-corrected chi connectivity index (χ4v) is 2.34. The number of halogens is 1. The molecule has 0 bridgehead atoms. The van der Waals surface area contributed by atoms with E-state index < -0.39 is 0 Å². The third-order valence-corrected chi connectivity index (χ3v) is 3.72. The van der Waals surface area contributed by atoms with E-state index in [0.717, 1.165) is 6.42 Å². The number of carbonyl (C=O) groups is 1. The van der Waals surface area contributed by atoms with Crippen molar-refractivity contribution in [3.8, 4) is 11.5 Å². The molecule has 1 N–H and O–H groups in total. The van der Waals surface area contributed by atoms with Gasteiger partial charge < -0.3 is 19.2 Å². The summed E-state index contributed by atoms with van der Waals surface area (Å²) in [4.78, 5) is 12.3. The summed E-state index contributed by atoms with van der Waals surface area (Å²) in [7, 11) is 1.52. The number of hydrogen-bond donors (Lipinski definition) is 1. The number of furan rings is 1. The van der Waals surface area contributed by atoms with Gasteiger partial charge in [-0.05, 0) is 36.6 Å². The topological polar surface area (TPSA) is 60.7 Å². The lowest BCUT2D eigenvalue weighted by Crippen LogP contribution is -2.22. The van der Waals surface area contributed by atoms with Crippen molar-refractivity contribution in [2.24, 2.45) is 5.92 Å². The molecular weight excluding hydrogens is 330 g/mol. The van der Waals surface area contributed by atoms with Gasteiger partial charge in [0.1, 0.15) is 5.76 Å². The number of carbonyl (C=O) groups excluding carboxylic acids is 1. The van der Waals surface area contributed by atoms with E-state index in [9.17, 15) is 4.79 Å². The number of methoxy groups -OCH3 is 1. The first kappa shape index (κ1) is 18.2. The fraction of sp³-hybridized carbons (Fsp3) is 0.389. The van der Waals surface area contributed by atoms with Crippen molar-refractivity contribution in [3.05, 3.63) is 46.9 Å². The maximum atomic E-state index is 12.3. The standard InChI is InChI=1S/C18H22ClNO4/c1-12(2)6-8-24-17-15(19)9-13(10-16(17)22-3)18(21)20-11-14-5-4-7-23-14/h4-5,7,9-10,12H,6,8,11H2,1-3H3,(H,20,21). The first-order valence-corrected chi connectivity index (χ1v) is 8.20. The van der Waals surface area contributed by atoms with Gasteiger partial charge in [0.05, 0.1) is 31.5 Å². The number of hydrogen-bond acceptors (Lipinski definition) is 4. The Morgan fingerprint density at radius 1 is 1.38 bits per heavy atom. The summed E-state index contributed by atoms with van der Waals surface area (Å²) in [5, 5.41) is 3.12. The predicted molar refractivity (Wildman–Crippen MR) is 92.8 cm³/mol. The highest BCUT2D eigenvalue weighted by atomic mass is 35.5. The van der Waals surface area contributed by atoms with Crippen LogP contribution in [-0.2, 0) is 6.54 Å². The molecule has 5 nitrogen and oxygen atoms in total. The van der Waals surface area contributed by atoms with Gasteiger partial charge >= 0.3 is 0 Å². The molecule has 0 aliphatic carbocycles. The maximum absolute atomic E-state index is 12.3. The molecule has 0 fully saturated rings. The van der Waals surface area contributed by atoms with Crippen molar-refractivity contribution in [1.29, 1.82) is 0 Å². The highest BCUT2D eigenvalue weighted by Crippen LogP contribution is 2.36. The first-order chi connectivity index (χ1) is 11.5. The van der Waals surface area contributed by atoms with E-state index >= 15 is 0 Å². The van der Waals surface area contributed by atoms with Gasteiger partial charge in [0, 0.05) is 5.56 Å². The lowest BCUT2D eigenvalue weighted by molar-refractivity contribution is 0.0947. The van der Waals surface area contributed by atoms with Gasteiger partial charge in [-0.3, -0.25) is 4.79 Å². The lowest BCUT2D eigenvalue weighted by atomic mass is 10.1. The molecule has 1 amide bonds. The minimum atomic E-state index is -0.264. The van der Waals surface area contributed by atoms with E-state index in [2.05, 4.69) is 19.2 Å². The summed E-state index contributed by atoms with van der Waals surface area (Å²) >= 11 is 6.27. The van der Waals surface area contributed by atoms with Crippen LogP contribution in [0, 0.1) is 5.92 Å². The Hall–Kier alpha value is -2.14. The Morgan fingerprint density at radius 2 is 2.17 bits per heavy atom. The quantitative estimate of drug-likeness (QED) is 0.770. The van der Waals surface area contributed by atoms with E-state index in [1.165, 1.54) is 7.11 Å². The second kappa shape index (κ2) is 8.64. The first-order valence-electron chi connectivity index (χ1n) is 7.82. The van der Waals surface area contributed by atoms with Gasteiger partial charge in [-0.25, -0.2) is 0 Å². The van der Waals surface area contributed by atoms with Crippen LogP contribution in [0.5, 0.6) is 11.5 Å². The molecule has 0 radical (unpaired) electrons. The van der Waals surface area contributed by atoms with Crippen LogP contribution in [0.1, 0.15) is 36.4 Å². The minimum absolute atomic E-state index is 0.264. The largest absolute Gasteiger partial charge is 0.493 e. The van der Waals surface area contributed by atoms with Crippen molar-refractivity contribution in [1.82, 2.24) is 5.32 Å². The molecule has 0 atom stereocenters. The van der Waals surface area contributed by atoms with Crippen LogP contribution >= 0.6 is 11.6 Å². The Bertz CT molecular complexity index is 668. The van der Waals surface area contributed by atoms with Crippen LogP contribution in [0.2, 0.25) is 5.02 Å². The van der Waals surface area contributed by atoms with Crippen molar-refractivity contribution in [2.45, 2.75) is 26.8 Å². The van der Waals surface area contributed by atoms with E-state index in [-0.39, 0.29) is 5.91 Å². The number of rotatable bonds is 8. The third-order valence-electron chi connectivity index (χ3n) is 3.44. The van der Waals surface area contributed by atoms with Gasteiger partial charge in [0.15, 0.2) is 11.5 Å². The average molecular weight is 352 g/mol. The van der Waals surface area contributed by atoms with Crippen molar-refractivity contribution in [2.75, 3.05) is 13.7 Å². The van der Waals surface area contributed by atoms with Crippen LogP contribution in [0.15, 0.2) is 34.9 Å². The number of amides is 1. The van der Waals surface area contributed by atoms with Crippen LogP contribution in [0.4, 0.5) is 0 Å². The Labute approximate surface area is 146 Å². The second-order valence-electron chi connectivity index (χ2n) is 5.78. The maximum Gasteiger partial charge on any atom is 0.251 e. The SMILES string of the molecule is COc1cc(C(=O)NCc2ccco2)cc(Cl)c1OCCC(C)C. The van der Waals surface area contributed by atoms with Gasteiger partial charge in [-0.1, -0.05) is 25.4 Å². The van der Waals surface area contributed by atoms with Gasteiger partial charge in [0.2, 0.25) is 0 Å². The highest BCUT2D eigenvalue weighted by Gasteiger charge is 2.16. The molecule has 0 spiro atoms. The molecule has 1 aromatic carbocycles. The summed E-state index contributed by atoms with van der Waals surface area (Å²) < 4.78 is 16.2. The Morgan fingerprint density at radius 3 is 2.79 bits per heavy atom. The minimum Gasteiger partial charge on any atom is -0.493 e. The second-order valence-corrected chi connectivity index (χ2v) is 6.19. The van der Waals surface area contributed by atoms with E-state index in [4.69, 9.17) is 25.5 Å². The molecule has 0 saturated carbocycles. The van der Waals surface area contributed by atoms with Crippen LogP contribution in [0.3, 0.4) is 0 Å². The van der Waals surface area contributed by atoms with Gasteiger partial charge in [0.25, 0.3) is 5.91 Å². The number of nitrogens with one attached hydrogen (secondary N) is 1. The molecule has 0 unspecified atom stereocenters. The third kappa shape index (κ3) is 4.93. The lowest BCUT2D eigenvalue weighted by Gasteiger charge is -2.15. The number of benzene rings is 1. The average Bonchev–Trinajstić information content (AvgIpc) is 3.06. The molecule has 0 aliphatic rings. The van der Waals surface area contributed by atoms with Crippen LogP contribution in [-0.4, -0.2) is 19.6 Å². The van der Waals surface area contributed by atoms with Crippen molar-refractivity contribution < 1.29 is 18.7 Å². The molecule has 24 heavy (non-hydrogen) atoms. The highest BCUT2D eigenvalue weighted by molar-refractivity contribution is 6.32. The summed E-state index contributed by atoms with van der Waals surface area (Å²) in [6.45, 7) is 5.08. The summed E-state index contributed by atoms with van der Waals surface area (Å²) in [5.74, 6) is 1.84.